The summed E-state index contributed by atoms with van der Waals surface area (Å²) < 4.78 is 0. The van der Waals surface area contributed by atoms with Crippen molar-refractivity contribution in [1.82, 2.24) is 4.90 Å². The summed E-state index contributed by atoms with van der Waals surface area (Å²) in [5.74, 6) is 0. The van der Waals surface area contributed by atoms with Gasteiger partial charge in [-0.25, -0.2) is 4.79 Å². The van der Waals surface area contributed by atoms with E-state index in [4.69, 9.17) is 28.4 Å². The highest BCUT2D eigenvalue weighted by Crippen LogP contribution is 2.24. The molecule has 0 aliphatic rings. The Labute approximate surface area is 127 Å². The molecule has 1 rings (SSSR count). The van der Waals surface area contributed by atoms with Crippen LogP contribution in [0.1, 0.15) is 31.9 Å². The Hall–Kier alpha value is -1.46. The van der Waals surface area contributed by atoms with Gasteiger partial charge in [0, 0.05) is 16.1 Å². The van der Waals surface area contributed by atoms with Gasteiger partial charge in [-0.05, 0) is 38.5 Å². The standard InChI is InChI=1S/C13H16Cl2N2O3/c1-13(2,3)17(12(18)19)7-9-6-8(11(15)16-20)4-5-10(9)14/h4-6,20H,7H2,1-3H3,(H,18,19)/b16-11+. The predicted molar refractivity (Wildman–Crippen MR) is 78.9 cm³/mol. The zero-order valence-electron chi connectivity index (χ0n) is 11.4. The summed E-state index contributed by atoms with van der Waals surface area (Å²) in [6.07, 6.45) is -1.04. The molecule has 0 aliphatic carbocycles. The van der Waals surface area contributed by atoms with E-state index in [0.29, 0.717) is 16.1 Å². The second-order valence-electron chi connectivity index (χ2n) is 5.24. The van der Waals surface area contributed by atoms with Crippen molar-refractivity contribution >= 4 is 34.5 Å². The molecule has 1 aromatic rings. The molecule has 5 nitrogen and oxygen atoms in total. The Morgan fingerprint density at radius 2 is 2.00 bits per heavy atom. The van der Waals surface area contributed by atoms with Crippen molar-refractivity contribution in [1.29, 1.82) is 0 Å². The van der Waals surface area contributed by atoms with Crippen LogP contribution in [-0.4, -0.2) is 32.0 Å². The molecule has 0 aromatic heterocycles. The molecule has 2 N–H and O–H groups in total. The molecule has 0 unspecified atom stereocenters. The fraction of sp³-hybridized carbons (Fsp3) is 0.385. The number of amides is 1. The van der Waals surface area contributed by atoms with Gasteiger partial charge < -0.3 is 10.3 Å². The largest absolute Gasteiger partial charge is 0.465 e. The SMILES string of the molecule is CC(C)(C)N(Cc1cc(/C(Cl)=N\O)ccc1Cl)C(=O)O. The van der Waals surface area contributed by atoms with E-state index in [1.165, 1.54) is 4.90 Å². The van der Waals surface area contributed by atoms with Crippen LogP contribution < -0.4 is 0 Å². The quantitative estimate of drug-likeness (QED) is 0.502. The molecular formula is C13H16Cl2N2O3. The van der Waals surface area contributed by atoms with Crippen LogP contribution in [0.15, 0.2) is 23.4 Å². The van der Waals surface area contributed by atoms with Crippen LogP contribution in [0, 0.1) is 0 Å². The number of nitrogens with zero attached hydrogens (tertiary/aromatic N) is 2. The first kappa shape index (κ1) is 16.6. The third kappa shape index (κ3) is 4.02. The monoisotopic (exact) mass is 318 g/mol. The average molecular weight is 319 g/mol. The first-order valence-electron chi connectivity index (χ1n) is 5.83. The van der Waals surface area contributed by atoms with Crippen molar-refractivity contribution in [3.05, 3.63) is 34.3 Å². The molecule has 110 valence electrons. The maximum atomic E-state index is 11.3. The average Bonchev–Trinajstić information content (AvgIpc) is 2.34. The van der Waals surface area contributed by atoms with Gasteiger partial charge in [0.25, 0.3) is 0 Å². The summed E-state index contributed by atoms with van der Waals surface area (Å²) >= 11 is 11.8. The van der Waals surface area contributed by atoms with E-state index >= 15 is 0 Å². The zero-order chi connectivity index (χ0) is 15.5. The number of rotatable bonds is 3. The van der Waals surface area contributed by atoms with Crippen LogP contribution in [0.25, 0.3) is 0 Å². The highest BCUT2D eigenvalue weighted by molar-refractivity contribution is 6.69. The van der Waals surface area contributed by atoms with Crippen molar-refractivity contribution in [2.24, 2.45) is 5.16 Å². The number of carboxylic acid groups (broad SMARTS) is 1. The van der Waals surface area contributed by atoms with Crippen LogP contribution >= 0.6 is 23.2 Å². The predicted octanol–water partition coefficient (Wildman–Crippen LogP) is 3.99. The summed E-state index contributed by atoms with van der Waals surface area (Å²) in [6, 6.07) is 4.78. The Bertz CT molecular complexity index is 539. The molecule has 0 radical (unpaired) electrons. The lowest BCUT2D eigenvalue weighted by atomic mass is 10.0. The van der Waals surface area contributed by atoms with Crippen LogP contribution in [0.5, 0.6) is 0 Å². The van der Waals surface area contributed by atoms with E-state index in [2.05, 4.69) is 5.16 Å². The van der Waals surface area contributed by atoms with Crippen molar-refractivity contribution in [2.45, 2.75) is 32.9 Å². The van der Waals surface area contributed by atoms with Gasteiger partial charge in [-0.1, -0.05) is 34.4 Å². The lowest BCUT2D eigenvalue weighted by Crippen LogP contribution is -2.44. The Balaban J connectivity index is 3.16. The maximum absolute atomic E-state index is 11.3. The molecule has 0 saturated carbocycles. The number of hydrogen-bond acceptors (Lipinski definition) is 3. The third-order valence-electron chi connectivity index (χ3n) is 2.74. The van der Waals surface area contributed by atoms with Gasteiger partial charge in [-0.15, -0.1) is 0 Å². The zero-order valence-corrected chi connectivity index (χ0v) is 12.9. The van der Waals surface area contributed by atoms with Gasteiger partial charge in [0.2, 0.25) is 0 Å². The molecule has 7 heteroatoms. The molecule has 0 aliphatic heterocycles. The van der Waals surface area contributed by atoms with Gasteiger partial charge in [0.05, 0.1) is 6.54 Å². The Kier molecular flexibility index (Phi) is 5.25. The molecular weight excluding hydrogens is 303 g/mol. The van der Waals surface area contributed by atoms with Gasteiger partial charge in [-0.2, -0.15) is 0 Å². The number of carbonyl (C=O) groups is 1. The summed E-state index contributed by atoms with van der Waals surface area (Å²) in [5.41, 5.74) is 0.483. The van der Waals surface area contributed by atoms with Crippen LogP contribution in [0.3, 0.4) is 0 Å². The van der Waals surface area contributed by atoms with Gasteiger partial charge in [0.15, 0.2) is 5.17 Å². The van der Waals surface area contributed by atoms with Crippen molar-refractivity contribution in [3.63, 3.8) is 0 Å². The highest BCUT2D eigenvalue weighted by Gasteiger charge is 2.26. The van der Waals surface area contributed by atoms with Gasteiger partial charge in [-0.3, -0.25) is 4.90 Å². The highest BCUT2D eigenvalue weighted by atomic mass is 35.5. The first-order chi connectivity index (χ1) is 9.16. The van der Waals surface area contributed by atoms with E-state index in [1.54, 1.807) is 39.0 Å². The summed E-state index contributed by atoms with van der Waals surface area (Å²) in [4.78, 5) is 12.6. The second kappa shape index (κ2) is 6.33. The third-order valence-corrected chi connectivity index (χ3v) is 3.40. The lowest BCUT2D eigenvalue weighted by molar-refractivity contribution is 0.0956. The normalized spacial score (nSPS) is 12.3. The molecule has 20 heavy (non-hydrogen) atoms. The topological polar surface area (TPSA) is 73.1 Å². The maximum Gasteiger partial charge on any atom is 0.408 e. The Morgan fingerprint density at radius 1 is 1.40 bits per heavy atom. The minimum absolute atomic E-state index is 0.0828. The van der Waals surface area contributed by atoms with Crippen molar-refractivity contribution < 1.29 is 15.1 Å². The second-order valence-corrected chi connectivity index (χ2v) is 6.00. The summed E-state index contributed by atoms with van der Waals surface area (Å²) in [7, 11) is 0. The fourth-order valence-corrected chi connectivity index (χ4v) is 1.94. The first-order valence-corrected chi connectivity index (χ1v) is 6.59. The number of halogens is 2. The molecule has 0 heterocycles. The van der Waals surface area contributed by atoms with E-state index in [0.717, 1.165) is 0 Å². The van der Waals surface area contributed by atoms with Crippen LogP contribution in [0.2, 0.25) is 5.02 Å². The number of oxime groups is 1. The summed E-state index contributed by atoms with van der Waals surface area (Å²) in [5, 5.41) is 21.2. The molecule has 0 bridgehead atoms. The molecule has 0 atom stereocenters. The lowest BCUT2D eigenvalue weighted by Gasteiger charge is -2.33. The van der Waals surface area contributed by atoms with E-state index in [9.17, 15) is 9.90 Å². The van der Waals surface area contributed by atoms with Gasteiger partial charge >= 0.3 is 6.09 Å². The summed E-state index contributed by atoms with van der Waals surface area (Å²) in [6.45, 7) is 5.49. The van der Waals surface area contributed by atoms with Crippen LogP contribution in [-0.2, 0) is 6.54 Å². The van der Waals surface area contributed by atoms with E-state index < -0.39 is 11.6 Å². The van der Waals surface area contributed by atoms with E-state index in [-0.39, 0.29) is 11.7 Å². The number of hydrogen-bond donors (Lipinski definition) is 2. The Morgan fingerprint density at radius 3 is 2.45 bits per heavy atom. The smallest absolute Gasteiger partial charge is 0.408 e. The van der Waals surface area contributed by atoms with Gasteiger partial charge in [0.1, 0.15) is 0 Å². The minimum Gasteiger partial charge on any atom is -0.465 e. The van der Waals surface area contributed by atoms with Crippen LogP contribution in [0.4, 0.5) is 4.79 Å². The molecule has 0 fully saturated rings. The minimum atomic E-state index is -1.04. The molecule has 1 aromatic carbocycles. The molecule has 0 saturated heterocycles. The van der Waals surface area contributed by atoms with E-state index in [1.807, 2.05) is 0 Å². The number of benzene rings is 1. The fourth-order valence-electron chi connectivity index (χ4n) is 1.64. The van der Waals surface area contributed by atoms with Crippen molar-refractivity contribution in [3.8, 4) is 0 Å². The molecule has 0 spiro atoms. The van der Waals surface area contributed by atoms with Crippen molar-refractivity contribution in [2.75, 3.05) is 0 Å². The molecule has 1 amide bonds.